The van der Waals surface area contributed by atoms with Crippen molar-refractivity contribution in [3.8, 4) is 0 Å². The van der Waals surface area contributed by atoms with Gasteiger partial charge in [0.2, 0.25) is 0 Å². The van der Waals surface area contributed by atoms with Crippen molar-refractivity contribution in [1.29, 1.82) is 0 Å². The van der Waals surface area contributed by atoms with E-state index in [1.54, 1.807) is 0 Å². The molecule has 1 atom stereocenters. The molecule has 1 aliphatic heterocycles. The summed E-state index contributed by atoms with van der Waals surface area (Å²) < 4.78 is 0. The molecule has 1 unspecified atom stereocenters. The Morgan fingerprint density at radius 2 is 2.21 bits per heavy atom. The van der Waals surface area contributed by atoms with E-state index in [1.165, 1.54) is 0 Å². The minimum atomic E-state index is 0.142. The molecule has 1 saturated heterocycles. The molecule has 1 aromatic carbocycles. The molecule has 0 bridgehead atoms. The van der Waals surface area contributed by atoms with Crippen LogP contribution in [-0.4, -0.2) is 35.6 Å². The molecule has 0 aliphatic carbocycles. The number of carbonyl (C=O) groups excluding carboxylic acids is 1. The zero-order valence-electron chi connectivity index (χ0n) is 11.9. The van der Waals surface area contributed by atoms with Crippen LogP contribution in [0.4, 0.5) is 0 Å². The molecule has 1 fully saturated rings. The molecular formula is C16H23NO2. The van der Waals surface area contributed by atoms with Crippen LogP contribution >= 0.6 is 0 Å². The van der Waals surface area contributed by atoms with Crippen LogP contribution < -0.4 is 0 Å². The number of carbonyl (C=O) groups is 1. The summed E-state index contributed by atoms with van der Waals surface area (Å²) in [6.07, 6.45) is 2.97. The highest BCUT2D eigenvalue weighted by Gasteiger charge is 2.25. The molecule has 0 aromatic heterocycles. The Labute approximate surface area is 115 Å². The third-order valence-corrected chi connectivity index (χ3v) is 4.18. The van der Waals surface area contributed by atoms with Crippen molar-refractivity contribution in [2.45, 2.75) is 33.1 Å². The number of nitrogens with zero attached hydrogens (tertiary/aromatic N) is 1. The minimum Gasteiger partial charge on any atom is -0.396 e. The Morgan fingerprint density at radius 1 is 1.42 bits per heavy atom. The van der Waals surface area contributed by atoms with Crippen LogP contribution in [0.5, 0.6) is 0 Å². The fraction of sp³-hybridized carbons (Fsp3) is 0.562. The lowest BCUT2D eigenvalue weighted by Crippen LogP contribution is -2.40. The molecule has 1 heterocycles. The molecule has 1 amide bonds. The normalized spacial score (nSPS) is 19.5. The number of aryl methyl sites for hydroxylation is 1. The van der Waals surface area contributed by atoms with Gasteiger partial charge in [-0.25, -0.2) is 0 Å². The standard InChI is InChI=1S/C16H23NO2/c1-12-5-3-7-15(13(12)2)16(19)17-9-4-6-14(11-17)8-10-18/h3,5,7,14,18H,4,6,8-11H2,1-2H3. The number of amides is 1. The fourth-order valence-corrected chi connectivity index (χ4v) is 2.82. The summed E-state index contributed by atoms with van der Waals surface area (Å²) in [5, 5.41) is 9.04. The topological polar surface area (TPSA) is 40.5 Å². The third kappa shape index (κ3) is 3.16. The molecule has 0 spiro atoms. The molecule has 0 saturated carbocycles. The fourth-order valence-electron chi connectivity index (χ4n) is 2.82. The van der Waals surface area contributed by atoms with E-state index in [2.05, 4.69) is 0 Å². The molecule has 2 rings (SSSR count). The maximum atomic E-state index is 12.6. The third-order valence-electron chi connectivity index (χ3n) is 4.18. The van der Waals surface area contributed by atoms with Crippen LogP contribution in [0.15, 0.2) is 18.2 Å². The van der Waals surface area contributed by atoms with Gasteiger partial charge in [-0.1, -0.05) is 12.1 Å². The van der Waals surface area contributed by atoms with Crippen molar-refractivity contribution in [2.24, 2.45) is 5.92 Å². The number of aliphatic hydroxyl groups is 1. The Hall–Kier alpha value is -1.35. The van der Waals surface area contributed by atoms with Crippen molar-refractivity contribution in [2.75, 3.05) is 19.7 Å². The Bertz CT molecular complexity index is 454. The van der Waals surface area contributed by atoms with Crippen LogP contribution in [0.25, 0.3) is 0 Å². The molecule has 1 N–H and O–H groups in total. The van der Waals surface area contributed by atoms with E-state index in [0.717, 1.165) is 49.0 Å². The Kier molecular flexibility index (Phi) is 4.59. The van der Waals surface area contributed by atoms with Gasteiger partial charge in [0.15, 0.2) is 0 Å². The van der Waals surface area contributed by atoms with Gasteiger partial charge >= 0.3 is 0 Å². The number of rotatable bonds is 3. The van der Waals surface area contributed by atoms with E-state index in [4.69, 9.17) is 5.11 Å². The van der Waals surface area contributed by atoms with Crippen LogP contribution in [0.3, 0.4) is 0 Å². The van der Waals surface area contributed by atoms with Gasteiger partial charge in [0.05, 0.1) is 0 Å². The van der Waals surface area contributed by atoms with E-state index in [1.807, 2.05) is 36.9 Å². The second-order valence-corrected chi connectivity index (χ2v) is 5.52. The first-order valence-corrected chi connectivity index (χ1v) is 7.10. The molecule has 19 heavy (non-hydrogen) atoms. The molecule has 1 aromatic rings. The lowest BCUT2D eigenvalue weighted by atomic mass is 9.94. The van der Waals surface area contributed by atoms with Gasteiger partial charge < -0.3 is 10.0 Å². The maximum Gasteiger partial charge on any atom is 0.254 e. The highest BCUT2D eigenvalue weighted by Crippen LogP contribution is 2.22. The van der Waals surface area contributed by atoms with E-state index in [-0.39, 0.29) is 12.5 Å². The molecule has 0 radical (unpaired) electrons. The summed E-state index contributed by atoms with van der Waals surface area (Å²) in [5.74, 6) is 0.594. The lowest BCUT2D eigenvalue weighted by molar-refractivity contribution is 0.0653. The number of benzene rings is 1. The predicted molar refractivity (Wildman–Crippen MR) is 76.2 cm³/mol. The highest BCUT2D eigenvalue weighted by molar-refractivity contribution is 5.96. The smallest absolute Gasteiger partial charge is 0.254 e. The van der Waals surface area contributed by atoms with Gasteiger partial charge in [-0.15, -0.1) is 0 Å². The maximum absolute atomic E-state index is 12.6. The van der Waals surface area contributed by atoms with Gasteiger partial charge in [-0.05, 0) is 56.2 Å². The van der Waals surface area contributed by atoms with Crippen LogP contribution in [-0.2, 0) is 0 Å². The quantitative estimate of drug-likeness (QED) is 0.908. The van der Waals surface area contributed by atoms with E-state index >= 15 is 0 Å². The number of hydrogen-bond acceptors (Lipinski definition) is 2. The van der Waals surface area contributed by atoms with Gasteiger partial charge in [-0.2, -0.15) is 0 Å². The Morgan fingerprint density at radius 3 is 2.95 bits per heavy atom. The second-order valence-electron chi connectivity index (χ2n) is 5.52. The molecule has 104 valence electrons. The SMILES string of the molecule is Cc1cccc(C(=O)N2CCCC(CCO)C2)c1C. The molecular weight excluding hydrogens is 238 g/mol. The van der Waals surface area contributed by atoms with Gasteiger partial charge in [-0.3, -0.25) is 4.79 Å². The number of piperidine rings is 1. The molecule has 1 aliphatic rings. The van der Waals surface area contributed by atoms with Gasteiger partial charge in [0, 0.05) is 25.3 Å². The zero-order chi connectivity index (χ0) is 13.8. The largest absolute Gasteiger partial charge is 0.396 e. The van der Waals surface area contributed by atoms with Crippen molar-refractivity contribution in [1.82, 2.24) is 4.90 Å². The van der Waals surface area contributed by atoms with Crippen molar-refractivity contribution in [3.05, 3.63) is 34.9 Å². The summed E-state index contributed by atoms with van der Waals surface area (Å²) in [5.41, 5.74) is 3.07. The van der Waals surface area contributed by atoms with E-state index in [9.17, 15) is 4.79 Å². The van der Waals surface area contributed by atoms with E-state index < -0.39 is 0 Å². The average molecular weight is 261 g/mol. The highest BCUT2D eigenvalue weighted by atomic mass is 16.3. The summed E-state index contributed by atoms with van der Waals surface area (Å²) in [4.78, 5) is 14.5. The van der Waals surface area contributed by atoms with Crippen molar-refractivity contribution < 1.29 is 9.90 Å². The minimum absolute atomic E-state index is 0.142. The van der Waals surface area contributed by atoms with Crippen molar-refractivity contribution >= 4 is 5.91 Å². The first-order valence-electron chi connectivity index (χ1n) is 7.10. The monoisotopic (exact) mass is 261 g/mol. The van der Waals surface area contributed by atoms with Crippen molar-refractivity contribution in [3.63, 3.8) is 0 Å². The summed E-state index contributed by atoms with van der Waals surface area (Å²) in [6, 6.07) is 5.90. The van der Waals surface area contributed by atoms with Crippen LogP contribution in [0.1, 0.15) is 40.7 Å². The average Bonchev–Trinajstić information content (AvgIpc) is 2.42. The number of likely N-dealkylation sites (tertiary alicyclic amines) is 1. The summed E-state index contributed by atoms with van der Waals surface area (Å²) >= 11 is 0. The second kappa shape index (κ2) is 6.20. The predicted octanol–water partition coefficient (Wildman–Crippen LogP) is 2.54. The van der Waals surface area contributed by atoms with Crippen LogP contribution in [0, 0.1) is 19.8 Å². The summed E-state index contributed by atoms with van der Waals surface area (Å²) in [7, 11) is 0. The molecule has 3 heteroatoms. The first-order chi connectivity index (χ1) is 9.13. The number of hydrogen-bond donors (Lipinski definition) is 1. The number of aliphatic hydroxyl groups excluding tert-OH is 1. The van der Waals surface area contributed by atoms with E-state index in [0.29, 0.717) is 5.92 Å². The molecule has 3 nitrogen and oxygen atoms in total. The first kappa shape index (κ1) is 14.1. The summed E-state index contributed by atoms with van der Waals surface area (Å²) in [6.45, 7) is 5.89. The zero-order valence-corrected chi connectivity index (χ0v) is 11.9. The lowest BCUT2D eigenvalue weighted by Gasteiger charge is -2.33. The van der Waals surface area contributed by atoms with Gasteiger partial charge in [0.1, 0.15) is 0 Å². The van der Waals surface area contributed by atoms with Gasteiger partial charge in [0.25, 0.3) is 5.91 Å². The Balaban J connectivity index is 2.12. The van der Waals surface area contributed by atoms with Crippen LogP contribution in [0.2, 0.25) is 0 Å².